The second-order valence-corrected chi connectivity index (χ2v) is 4.66. The summed E-state index contributed by atoms with van der Waals surface area (Å²) in [6, 6.07) is 7.40. The molecule has 0 saturated heterocycles. The quantitative estimate of drug-likeness (QED) is 0.618. The first-order chi connectivity index (χ1) is 8.69. The molecule has 0 atom stereocenters. The van der Waals surface area contributed by atoms with Crippen molar-refractivity contribution in [3.63, 3.8) is 0 Å². The zero-order valence-electron chi connectivity index (χ0n) is 10.3. The van der Waals surface area contributed by atoms with Crippen molar-refractivity contribution in [2.45, 2.75) is 13.3 Å². The number of nitriles is 1. The van der Waals surface area contributed by atoms with E-state index in [4.69, 9.17) is 10.00 Å². The number of benzene rings is 1. The monoisotopic (exact) mass is 259 g/mol. The van der Waals surface area contributed by atoms with Crippen LogP contribution in [0, 0.1) is 23.2 Å². The summed E-state index contributed by atoms with van der Waals surface area (Å²) in [5.41, 5.74) is 1.11. The van der Waals surface area contributed by atoms with Crippen molar-refractivity contribution in [3.05, 3.63) is 29.3 Å². The molecular weight excluding hydrogens is 246 g/mol. The lowest BCUT2D eigenvalue weighted by Crippen LogP contribution is -1.91. The van der Waals surface area contributed by atoms with E-state index >= 15 is 0 Å². The molecule has 0 aliphatic rings. The van der Waals surface area contributed by atoms with Gasteiger partial charge < -0.3 is 4.74 Å². The highest BCUT2D eigenvalue weighted by atomic mass is 32.2. The number of hydrogen-bond acceptors (Lipinski definition) is 4. The van der Waals surface area contributed by atoms with Crippen molar-refractivity contribution >= 4 is 16.9 Å². The minimum absolute atomic E-state index is 0.0934. The van der Waals surface area contributed by atoms with Crippen LogP contribution in [0.3, 0.4) is 0 Å². The number of methoxy groups -OCH3 is 1. The topological polar surface area (TPSA) is 50.1 Å². The van der Waals surface area contributed by atoms with Crippen LogP contribution < -0.4 is 4.74 Å². The standard InChI is InChI=1S/C14H13NO2S/c1-11(16)18-9-4-3-6-12-7-5-8-14(17-2)13(12)10-15/h5,7-8H,4,9H2,1-2H3. The Morgan fingerprint density at radius 1 is 1.50 bits per heavy atom. The van der Waals surface area contributed by atoms with Gasteiger partial charge in [0.15, 0.2) is 5.12 Å². The van der Waals surface area contributed by atoms with Gasteiger partial charge in [-0.05, 0) is 12.1 Å². The average Bonchev–Trinajstić information content (AvgIpc) is 2.37. The van der Waals surface area contributed by atoms with E-state index in [0.29, 0.717) is 29.1 Å². The fraction of sp³-hybridized carbons (Fsp3) is 0.286. The highest BCUT2D eigenvalue weighted by Crippen LogP contribution is 2.20. The second kappa shape index (κ2) is 7.42. The molecule has 0 unspecified atom stereocenters. The van der Waals surface area contributed by atoms with Crippen molar-refractivity contribution in [1.82, 2.24) is 0 Å². The Kier molecular flexibility index (Phi) is 5.84. The first-order valence-corrected chi connectivity index (χ1v) is 6.37. The molecule has 4 heteroatoms. The average molecular weight is 259 g/mol. The fourth-order valence-corrected chi connectivity index (χ4v) is 1.82. The predicted molar refractivity (Wildman–Crippen MR) is 72.3 cm³/mol. The summed E-state index contributed by atoms with van der Waals surface area (Å²) in [5, 5.41) is 9.15. The highest BCUT2D eigenvalue weighted by Gasteiger charge is 2.05. The van der Waals surface area contributed by atoms with Crippen molar-refractivity contribution in [3.8, 4) is 23.7 Å². The lowest BCUT2D eigenvalue weighted by molar-refractivity contribution is -0.109. The first-order valence-electron chi connectivity index (χ1n) is 5.38. The predicted octanol–water partition coefficient (Wildman–Crippen LogP) is 2.59. The Labute approximate surface area is 111 Å². The zero-order chi connectivity index (χ0) is 13.4. The van der Waals surface area contributed by atoms with E-state index in [1.54, 1.807) is 18.2 Å². The summed E-state index contributed by atoms with van der Waals surface area (Å²) in [6.45, 7) is 1.54. The molecule has 1 rings (SSSR count). The number of rotatable bonds is 3. The number of hydrogen-bond donors (Lipinski definition) is 0. The SMILES string of the molecule is COc1cccc(C#CCCSC(C)=O)c1C#N. The van der Waals surface area contributed by atoms with Gasteiger partial charge in [-0.3, -0.25) is 4.79 Å². The van der Waals surface area contributed by atoms with Gasteiger partial charge in [-0.2, -0.15) is 5.26 Å². The maximum Gasteiger partial charge on any atom is 0.185 e. The molecule has 0 heterocycles. The summed E-state index contributed by atoms with van der Waals surface area (Å²) in [4.78, 5) is 10.7. The number of ether oxygens (including phenoxy) is 1. The summed E-state index contributed by atoms with van der Waals surface area (Å²) in [7, 11) is 1.52. The molecule has 0 amide bonds. The van der Waals surface area contributed by atoms with Crippen LogP contribution in [-0.2, 0) is 4.79 Å². The van der Waals surface area contributed by atoms with Crippen molar-refractivity contribution in [1.29, 1.82) is 5.26 Å². The van der Waals surface area contributed by atoms with E-state index in [9.17, 15) is 4.79 Å². The third kappa shape index (κ3) is 4.16. The van der Waals surface area contributed by atoms with Gasteiger partial charge in [-0.25, -0.2) is 0 Å². The number of carbonyl (C=O) groups is 1. The molecule has 0 aliphatic carbocycles. The molecule has 1 aromatic rings. The van der Waals surface area contributed by atoms with Crippen molar-refractivity contribution < 1.29 is 9.53 Å². The normalized spacial score (nSPS) is 8.94. The van der Waals surface area contributed by atoms with Gasteiger partial charge in [0.2, 0.25) is 0 Å². The minimum atomic E-state index is 0.0934. The van der Waals surface area contributed by atoms with Gasteiger partial charge in [-0.15, -0.1) is 0 Å². The largest absolute Gasteiger partial charge is 0.495 e. The Balaban J connectivity index is 2.76. The molecule has 0 aromatic heterocycles. The Hall–Kier alpha value is -1.91. The Bertz CT molecular complexity index is 535. The Morgan fingerprint density at radius 3 is 2.89 bits per heavy atom. The van der Waals surface area contributed by atoms with Crippen LogP contribution in [0.2, 0.25) is 0 Å². The van der Waals surface area contributed by atoms with Crippen molar-refractivity contribution in [2.24, 2.45) is 0 Å². The highest BCUT2D eigenvalue weighted by molar-refractivity contribution is 8.13. The summed E-state index contributed by atoms with van der Waals surface area (Å²) in [5.74, 6) is 7.09. The molecule has 0 aliphatic heterocycles. The summed E-state index contributed by atoms with van der Waals surface area (Å²) >= 11 is 1.25. The second-order valence-electron chi connectivity index (χ2n) is 3.39. The van der Waals surface area contributed by atoms with Crippen LogP contribution in [0.1, 0.15) is 24.5 Å². The number of carbonyl (C=O) groups excluding carboxylic acids is 1. The van der Waals surface area contributed by atoms with Crippen molar-refractivity contribution in [2.75, 3.05) is 12.9 Å². The van der Waals surface area contributed by atoms with Gasteiger partial charge in [0.05, 0.1) is 7.11 Å². The molecule has 0 bridgehead atoms. The van der Waals surface area contributed by atoms with Gasteiger partial charge >= 0.3 is 0 Å². The van der Waals surface area contributed by atoms with Gasteiger partial charge in [0.1, 0.15) is 17.4 Å². The smallest absolute Gasteiger partial charge is 0.185 e. The number of nitrogens with zero attached hydrogens (tertiary/aromatic N) is 1. The summed E-state index contributed by atoms with van der Waals surface area (Å²) < 4.78 is 5.10. The molecule has 0 spiro atoms. The van der Waals surface area contributed by atoms with E-state index in [1.165, 1.54) is 25.8 Å². The molecule has 0 N–H and O–H groups in total. The van der Waals surface area contributed by atoms with E-state index < -0.39 is 0 Å². The number of thioether (sulfide) groups is 1. The lowest BCUT2D eigenvalue weighted by atomic mass is 10.1. The lowest BCUT2D eigenvalue weighted by Gasteiger charge is -2.02. The molecule has 92 valence electrons. The van der Waals surface area contributed by atoms with E-state index in [2.05, 4.69) is 17.9 Å². The first kappa shape index (κ1) is 14.2. The molecule has 18 heavy (non-hydrogen) atoms. The summed E-state index contributed by atoms with van der Waals surface area (Å²) in [6.07, 6.45) is 0.617. The van der Waals surface area contributed by atoms with Gasteiger partial charge in [0, 0.05) is 24.7 Å². The molecule has 3 nitrogen and oxygen atoms in total. The third-order valence-corrected chi connectivity index (χ3v) is 2.93. The molecule has 0 radical (unpaired) electrons. The van der Waals surface area contributed by atoms with E-state index in [1.807, 2.05) is 0 Å². The van der Waals surface area contributed by atoms with Gasteiger partial charge in [-0.1, -0.05) is 29.7 Å². The molecule has 0 fully saturated rings. The van der Waals surface area contributed by atoms with Crippen LogP contribution in [0.5, 0.6) is 5.75 Å². The van der Waals surface area contributed by atoms with Crippen LogP contribution in [0.25, 0.3) is 0 Å². The third-order valence-electron chi connectivity index (χ3n) is 2.11. The molecule has 1 aromatic carbocycles. The van der Waals surface area contributed by atoms with E-state index in [0.717, 1.165) is 0 Å². The van der Waals surface area contributed by atoms with Crippen LogP contribution in [0.4, 0.5) is 0 Å². The van der Waals surface area contributed by atoms with E-state index in [-0.39, 0.29) is 5.12 Å². The van der Waals surface area contributed by atoms with Gasteiger partial charge in [0.25, 0.3) is 0 Å². The molecule has 0 saturated carbocycles. The van der Waals surface area contributed by atoms with Crippen LogP contribution in [0.15, 0.2) is 18.2 Å². The molecular formula is C14H13NO2S. The Morgan fingerprint density at radius 2 is 2.28 bits per heavy atom. The maximum atomic E-state index is 10.7. The zero-order valence-corrected chi connectivity index (χ0v) is 11.1. The van der Waals surface area contributed by atoms with Crippen LogP contribution >= 0.6 is 11.8 Å². The minimum Gasteiger partial charge on any atom is -0.495 e. The van der Waals surface area contributed by atoms with Crippen LogP contribution in [-0.4, -0.2) is 18.0 Å². The fourth-order valence-electron chi connectivity index (χ4n) is 1.32. The maximum absolute atomic E-state index is 10.7.